The highest BCUT2D eigenvalue weighted by molar-refractivity contribution is 7.99. The predicted molar refractivity (Wildman–Crippen MR) is 109 cm³/mol. The summed E-state index contributed by atoms with van der Waals surface area (Å²) in [5, 5.41) is 6.56. The number of urea groups is 1. The summed E-state index contributed by atoms with van der Waals surface area (Å²) in [7, 11) is 1.95. The van der Waals surface area contributed by atoms with E-state index in [9.17, 15) is 9.59 Å². The molecule has 8 heteroatoms. The normalized spacial score (nSPS) is 13.5. The van der Waals surface area contributed by atoms with Gasteiger partial charge in [0.25, 0.3) is 5.91 Å². The summed E-state index contributed by atoms with van der Waals surface area (Å²) in [6.07, 6.45) is 3.66. The highest BCUT2D eigenvalue weighted by atomic mass is 32.2. The van der Waals surface area contributed by atoms with Gasteiger partial charge in [-0.05, 0) is 48.5 Å². The number of imidazole rings is 1. The highest BCUT2D eigenvalue weighted by Crippen LogP contribution is 2.27. The van der Waals surface area contributed by atoms with Crippen LogP contribution in [0, 0.1) is 0 Å². The number of carbonyl (C=O) groups excluding carboxylic acids is 2. The van der Waals surface area contributed by atoms with Crippen molar-refractivity contribution in [1.29, 1.82) is 0 Å². The number of nitrogens with zero attached hydrogens (tertiary/aromatic N) is 3. The number of aromatic nitrogens is 2. The zero-order valence-electron chi connectivity index (χ0n) is 15.3. The maximum Gasteiger partial charge on any atom is 0.321 e. The van der Waals surface area contributed by atoms with Gasteiger partial charge in [0.2, 0.25) is 0 Å². The molecule has 0 unspecified atom stereocenters. The standard InChI is InChI=1S/C20H19N5O2S/c1-24-12-10-22-20(24)28-17-8-4-15(5-9-17)23-18(26)14-2-6-16(7-3-14)25-13-11-21-19(25)27/h2-10,12H,11,13H2,1H3,(H,21,27)(H,23,26). The van der Waals surface area contributed by atoms with E-state index < -0.39 is 0 Å². The molecule has 4 rings (SSSR count). The lowest BCUT2D eigenvalue weighted by atomic mass is 10.1. The molecule has 0 aliphatic carbocycles. The van der Waals surface area contributed by atoms with Gasteiger partial charge < -0.3 is 15.2 Å². The molecule has 3 aromatic rings. The number of aryl methyl sites for hydroxylation is 1. The molecule has 1 fully saturated rings. The van der Waals surface area contributed by atoms with Crippen molar-refractivity contribution < 1.29 is 9.59 Å². The maximum absolute atomic E-state index is 12.5. The molecule has 142 valence electrons. The number of hydrogen-bond donors (Lipinski definition) is 2. The molecule has 1 aromatic heterocycles. The summed E-state index contributed by atoms with van der Waals surface area (Å²) in [4.78, 5) is 31.2. The van der Waals surface area contributed by atoms with Crippen molar-refractivity contribution in [3.8, 4) is 0 Å². The first kappa shape index (κ1) is 18.1. The third-order valence-corrected chi connectivity index (χ3v) is 5.48. The van der Waals surface area contributed by atoms with Crippen LogP contribution in [0.25, 0.3) is 0 Å². The van der Waals surface area contributed by atoms with Crippen LogP contribution in [0.4, 0.5) is 16.2 Å². The van der Waals surface area contributed by atoms with Gasteiger partial charge >= 0.3 is 6.03 Å². The first-order valence-electron chi connectivity index (χ1n) is 8.82. The maximum atomic E-state index is 12.5. The van der Waals surface area contributed by atoms with Gasteiger partial charge in [0.05, 0.1) is 0 Å². The zero-order valence-corrected chi connectivity index (χ0v) is 16.1. The summed E-state index contributed by atoms with van der Waals surface area (Å²) in [6, 6.07) is 14.5. The Hall–Kier alpha value is -3.26. The van der Waals surface area contributed by atoms with Gasteiger partial charge in [-0.1, -0.05) is 11.8 Å². The number of anilines is 2. The Balaban J connectivity index is 1.39. The Morgan fingerprint density at radius 1 is 1.14 bits per heavy atom. The third-order valence-electron chi connectivity index (χ3n) is 4.40. The van der Waals surface area contributed by atoms with E-state index in [0.717, 1.165) is 21.4 Å². The second kappa shape index (κ2) is 7.77. The van der Waals surface area contributed by atoms with Crippen LogP contribution >= 0.6 is 11.8 Å². The summed E-state index contributed by atoms with van der Waals surface area (Å²) in [6.45, 7) is 1.27. The Labute approximate surface area is 166 Å². The van der Waals surface area contributed by atoms with Gasteiger partial charge in [-0.2, -0.15) is 0 Å². The number of hydrogen-bond acceptors (Lipinski definition) is 4. The van der Waals surface area contributed by atoms with Crippen LogP contribution in [0.2, 0.25) is 0 Å². The molecule has 0 saturated carbocycles. The summed E-state index contributed by atoms with van der Waals surface area (Å²) in [5.41, 5.74) is 2.04. The lowest BCUT2D eigenvalue weighted by Crippen LogP contribution is -2.27. The lowest BCUT2D eigenvalue weighted by molar-refractivity contribution is 0.102. The molecule has 28 heavy (non-hydrogen) atoms. The molecule has 0 bridgehead atoms. The van der Waals surface area contributed by atoms with Gasteiger partial charge in [0.1, 0.15) is 0 Å². The molecule has 7 nitrogen and oxygen atoms in total. The fraction of sp³-hybridized carbons (Fsp3) is 0.150. The zero-order chi connectivity index (χ0) is 19.5. The van der Waals surface area contributed by atoms with E-state index in [2.05, 4.69) is 15.6 Å². The second-order valence-corrected chi connectivity index (χ2v) is 7.37. The summed E-state index contributed by atoms with van der Waals surface area (Å²) < 4.78 is 1.95. The van der Waals surface area contributed by atoms with Crippen LogP contribution in [0.3, 0.4) is 0 Å². The van der Waals surface area contributed by atoms with Crippen LogP contribution in [0.1, 0.15) is 10.4 Å². The van der Waals surface area contributed by atoms with Crippen LogP contribution < -0.4 is 15.5 Å². The topological polar surface area (TPSA) is 79.3 Å². The molecular weight excluding hydrogens is 374 g/mol. The van der Waals surface area contributed by atoms with Crippen LogP contribution in [-0.4, -0.2) is 34.6 Å². The molecule has 3 amide bonds. The number of nitrogens with one attached hydrogen (secondary N) is 2. The van der Waals surface area contributed by atoms with Crippen molar-refractivity contribution in [2.24, 2.45) is 7.05 Å². The van der Waals surface area contributed by atoms with Gasteiger partial charge in [-0.15, -0.1) is 0 Å². The van der Waals surface area contributed by atoms with Crippen LogP contribution in [-0.2, 0) is 7.05 Å². The van der Waals surface area contributed by atoms with Gasteiger partial charge in [-0.25, -0.2) is 9.78 Å². The molecule has 2 aromatic carbocycles. The van der Waals surface area contributed by atoms with Gasteiger partial charge in [0.15, 0.2) is 5.16 Å². The molecule has 0 spiro atoms. The molecule has 1 aliphatic rings. The number of carbonyl (C=O) groups is 2. The van der Waals surface area contributed by atoms with E-state index in [1.165, 1.54) is 0 Å². The lowest BCUT2D eigenvalue weighted by Gasteiger charge is -2.14. The minimum absolute atomic E-state index is 0.110. The largest absolute Gasteiger partial charge is 0.336 e. The first-order chi connectivity index (χ1) is 13.6. The van der Waals surface area contributed by atoms with Crippen molar-refractivity contribution in [3.63, 3.8) is 0 Å². The Kier molecular flexibility index (Phi) is 5.03. The Morgan fingerprint density at radius 2 is 1.89 bits per heavy atom. The molecule has 1 saturated heterocycles. The minimum atomic E-state index is -0.193. The molecule has 0 atom stereocenters. The quantitative estimate of drug-likeness (QED) is 0.697. The summed E-state index contributed by atoms with van der Waals surface area (Å²) >= 11 is 1.56. The SMILES string of the molecule is Cn1ccnc1Sc1ccc(NC(=O)c2ccc(N3CCNC3=O)cc2)cc1. The van der Waals surface area contributed by atoms with Gasteiger partial charge in [-0.3, -0.25) is 9.69 Å². The third kappa shape index (κ3) is 3.86. The van der Waals surface area contributed by atoms with Crippen LogP contribution in [0.15, 0.2) is 71.0 Å². The fourth-order valence-electron chi connectivity index (χ4n) is 2.88. The van der Waals surface area contributed by atoms with E-state index in [4.69, 9.17) is 0 Å². The van der Waals surface area contributed by atoms with Crippen molar-refractivity contribution in [2.45, 2.75) is 10.1 Å². The van der Waals surface area contributed by atoms with Crippen molar-refractivity contribution in [1.82, 2.24) is 14.9 Å². The van der Waals surface area contributed by atoms with Crippen molar-refractivity contribution >= 4 is 35.1 Å². The monoisotopic (exact) mass is 393 g/mol. The van der Waals surface area contributed by atoms with E-state index in [0.29, 0.717) is 18.7 Å². The average Bonchev–Trinajstić information content (AvgIpc) is 3.31. The number of benzene rings is 2. The van der Waals surface area contributed by atoms with E-state index in [-0.39, 0.29) is 11.9 Å². The van der Waals surface area contributed by atoms with Crippen molar-refractivity contribution in [3.05, 3.63) is 66.5 Å². The Morgan fingerprint density at radius 3 is 2.50 bits per heavy atom. The predicted octanol–water partition coefficient (Wildman–Crippen LogP) is 3.35. The van der Waals surface area contributed by atoms with Gasteiger partial charge in [0, 0.05) is 54.4 Å². The second-order valence-electron chi connectivity index (χ2n) is 6.33. The average molecular weight is 393 g/mol. The first-order valence-corrected chi connectivity index (χ1v) is 9.64. The molecule has 1 aliphatic heterocycles. The molecular formula is C20H19N5O2S. The highest BCUT2D eigenvalue weighted by Gasteiger charge is 2.21. The smallest absolute Gasteiger partial charge is 0.321 e. The fourth-order valence-corrected chi connectivity index (χ4v) is 3.68. The van der Waals surface area contributed by atoms with Crippen molar-refractivity contribution in [2.75, 3.05) is 23.3 Å². The number of amides is 3. The number of rotatable bonds is 5. The molecule has 0 radical (unpaired) electrons. The van der Waals surface area contributed by atoms with E-state index >= 15 is 0 Å². The van der Waals surface area contributed by atoms with E-state index in [1.54, 1.807) is 47.1 Å². The molecule has 2 N–H and O–H groups in total. The summed E-state index contributed by atoms with van der Waals surface area (Å²) in [5.74, 6) is -0.193. The van der Waals surface area contributed by atoms with Crippen LogP contribution in [0.5, 0.6) is 0 Å². The van der Waals surface area contributed by atoms with E-state index in [1.807, 2.05) is 42.1 Å². The minimum Gasteiger partial charge on any atom is -0.336 e. The Bertz CT molecular complexity index is 998. The molecule has 2 heterocycles.